The predicted octanol–water partition coefficient (Wildman–Crippen LogP) is 0.947. The van der Waals surface area contributed by atoms with E-state index in [1.807, 2.05) is 17.7 Å². The van der Waals surface area contributed by atoms with Crippen LogP contribution in [-0.4, -0.2) is 57.1 Å². The number of hydrogen-bond acceptors (Lipinski definition) is 3. The molecule has 8 heteroatoms. The number of amides is 3. The molecule has 0 saturated carbocycles. The van der Waals surface area contributed by atoms with Gasteiger partial charge in [-0.05, 0) is 19.1 Å². The van der Waals surface area contributed by atoms with Gasteiger partial charge in [0.2, 0.25) is 0 Å². The summed E-state index contributed by atoms with van der Waals surface area (Å²) in [5.41, 5.74) is 3.26. The van der Waals surface area contributed by atoms with Crippen LogP contribution in [0.2, 0.25) is 0 Å². The van der Waals surface area contributed by atoms with E-state index in [9.17, 15) is 9.59 Å². The summed E-state index contributed by atoms with van der Waals surface area (Å²) in [6.07, 6.45) is 1.75. The van der Waals surface area contributed by atoms with E-state index in [1.165, 1.54) is 0 Å². The minimum Gasteiger partial charge on any atom is -0.365 e. The molecule has 0 aromatic carbocycles. The third-order valence-electron chi connectivity index (χ3n) is 4.13. The molecule has 1 aliphatic heterocycles. The molecule has 0 bridgehead atoms. The lowest BCUT2D eigenvalue weighted by atomic mass is 10.2. The van der Waals surface area contributed by atoms with Gasteiger partial charge in [0.05, 0.1) is 36.6 Å². The topological polar surface area (TPSA) is 86.3 Å². The van der Waals surface area contributed by atoms with E-state index in [0.29, 0.717) is 31.7 Å². The highest BCUT2D eigenvalue weighted by Crippen LogP contribution is 2.15. The Morgan fingerprint density at radius 2 is 2.17 bits per heavy atom. The lowest BCUT2D eigenvalue weighted by molar-refractivity contribution is 0.0949. The standard InChI is InChI=1S/C16H22N6O2/c1-11-14(4-5-17-11)15(23)18-9-12-8-13-10-21(16(24)20(2)3)6-7-22(13)19-12/h4-5,8,17H,6-7,9-10H2,1-3H3,(H,18,23). The Hall–Kier alpha value is -2.77. The molecule has 128 valence electrons. The first kappa shape index (κ1) is 16.1. The highest BCUT2D eigenvalue weighted by Gasteiger charge is 2.23. The highest BCUT2D eigenvalue weighted by molar-refractivity contribution is 5.95. The Kier molecular flexibility index (Phi) is 4.28. The summed E-state index contributed by atoms with van der Waals surface area (Å²) in [5, 5.41) is 7.39. The molecule has 0 unspecified atom stereocenters. The maximum atomic E-state index is 12.1. The van der Waals surface area contributed by atoms with Gasteiger partial charge in [0.15, 0.2) is 0 Å². The Morgan fingerprint density at radius 1 is 1.38 bits per heavy atom. The number of rotatable bonds is 3. The van der Waals surface area contributed by atoms with Crippen LogP contribution in [0.5, 0.6) is 0 Å². The molecule has 1 aliphatic rings. The van der Waals surface area contributed by atoms with Gasteiger partial charge >= 0.3 is 6.03 Å². The number of hydrogen-bond donors (Lipinski definition) is 2. The lowest BCUT2D eigenvalue weighted by Gasteiger charge is -2.29. The third kappa shape index (κ3) is 3.12. The van der Waals surface area contributed by atoms with Crippen LogP contribution in [0, 0.1) is 6.92 Å². The number of aromatic amines is 1. The molecule has 2 aromatic rings. The molecule has 0 spiro atoms. The zero-order valence-corrected chi connectivity index (χ0v) is 14.2. The van der Waals surface area contributed by atoms with Crippen molar-refractivity contribution in [3.05, 3.63) is 41.0 Å². The smallest absolute Gasteiger partial charge is 0.319 e. The average Bonchev–Trinajstić information content (AvgIpc) is 3.16. The fourth-order valence-corrected chi connectivity index (χ4v) is 2.82. The van der Waals surface area contributed by atoms with Gasteiger partial charge in [-0.25, -0.2) is 4.79 Å². The van der Waals surface area contributed by atoms with Crippen molar-refractivity contribution in [1.29, 1.82) is 0 Å². The number of aryl methyl sites for hydroxylation is 1. The number of H-pyrrole nitrogens is 1. The number of carbonyl (C=O) groups excluding carboxylic acids is 2. The van der Waals surface area contributed by atoms with Gasteiger partial charge in [0.25, 0.3) is 5.91 Å². The van der Waals surface area contributed by atoms with Gasteiger partial charge in [-0.1, -0.05) is 0 Å². The summed E-state index contributed by atoms with van der Waals surface area (Å²) in [6, 6.07) is 3.70. The van der Waals surface area contributed by atoms with Gasteiger partial charge in [0.1, 0.15) is 0 Å². The quantitative estimate of drug-likeness (QED) is 0.878. The molecule has 0 aliphatic carbocycles. The van der Waals surface area contributed by atoms with Crippen LogP contribution >= 0.6 is 0 Å². The molecule has 8 nitrogen and oxygen atoms in total. The fraction of sp³-hybridized carbons (Fsp3) is 0.438. The van der Waals surface area contributed by atoms with Crippen molar-refractivity contribution in [2.75, 3.05) is 20.6 Å². The van der Waals surface area contributed by atoms with Gasteiger partial charge < -0.3 is 20.1 Å². The molecular weight excluding hydrogens is 308 g/mol. The summed E-state index contributed by atoms with van der Waals surface area (Å²) in [4.78, 5) is 30.6. The Bertz CT molecular complexity index is 760. The molecule has 0 atom stereocenters. The van der Waals surface area contributed by atoms with Gasteiger partial charge in [-0.3, -0.25) is 9.48 Å². The normalized spacial score (nSPS) is 13.5. The van der Waals surface area contributed by atoms with Crippen molar-refractivity contribution in [3.8, 4) is 0 Å². The SMILES string of the molecule is Cc1[nH]ccc1C(=O)NCc1cc2n(n1)CCN(C(=O)N(C)C)C2. The van der Waals surface area contributed by atoms with E-state index in [4.69, 9.17) is 0 Å². The zero-order valence-electron chi connectivity index (χ0n) is 14.2. The second kappa shape index (κ2) is 6.38. The number of aromatic nitrogens is 3. The number of nitrogens with zero attached hydrogens (tertiary/aromatic N) is 4. The van der Waals surface area contributed by atoms with Crippen LogP contribution in [0.25, 0.3) is 0 Å². The molecule has 3 rings (SSSR count). The summed E-state index contributed by atoms with van der Waals surface area (Å²) >= 11 is 0. The lowest BCUT2D eigenvalue weighted by Crippen LogP contribution is -2.43. The monoisotopic (exact) mass is 330 g/mol. The minimum atomic E-state index is -0.121. The van der Waals surface area contributed by atoms with Crippen LogP contribution in [-0.2, 0) is 19.6 Å². The van der Waals surface area contributed by atoms with Gasteiger partial charge in [-0.15, -0.1) is 0 Å². The van der Waals surface area contributed by atoms with Crippen LogP contribution in [0.15, 0.2) is 18.3 Å². The van der Waals surface area contributed by atoms with Crippen LogP contribution in [0.4, 0.5) is 4.79 Å². The molecule has 2 aromatic heterocycles. The summed E-state index contributed by atoms with van der Waals surface area (Å²) in [6.45, 7) is 4.07. The van der Waals surface area contributed by atoms with Crippen LogP contribution in [0.1, 0.15) is 27.4 Å². The zero-order chi connectivity index (χ0) is 17.3. The third-order valence-corrected chi connectivity index (χ3v) is 4.13. The number of carbonyl (C=O) groups is 2. The van der Waals surface area contributed by atoms with Crippen molar-refractivity contribution in [2.24, 2.45) is 0 Å². The predicted molar refractivity (Wildman–Crippen MR) is 88.4 cm³/mol. The first-order valence-corrected chi connectivity index (χ1v) is 7.89. The number of urea groups is 1. The van der Waals surface area contributed by atoms with E-state index in [0.717, 1.165) is 17.1 Å². The second-order valence-corrected chi connectivity index (χ2v) is 6.15. The molecule has 3 heterocycles. The van der Waals surface area contributed by atoms with Gasteiger partial charge in [0, 0.05) is 32.5 Å². The van der Waals surface area contributed by atoms with Crippen molar-refractivity contribution >= 4 is 11.9 Å². The molecule has 2 N–H and O–H groups in total. The number of nitrogens with one attached hydrogen (secondary N) is 2. The second-order valence-electron chi connectivity index (χ2n) is 6.15. The van der Waals surface area contributed by atoms with E-state index in [1.54, 1.807) is 36.2 Å². The molecule has 0 fully saturated rings. The Balaban J connectivity index is 1.63. The van der Waals surface area contributed by atoms with E-state index in [2.05, 4.69) is 15.4 Å². The van der Waals surface area contributed by atoms with E-state index < -0.39 is 0 Å². The molecule has 3 amide bonds. The largest absolute Gasteiger partial charge is 0.365 e. The van der Waals surface area contributed by atoms with Crippen LogP contribution < -0.4 is 5.32 Å². The first-order valence-electron chi connectivity index (χ1n) is 7.89. The Labute approximate surface area is 140 Å². The first-order chi connectivity index (χ1) is 11.5. The van der Waals surface area contributed by atoms with Crippen LogP contribution in [0.3, 0.4) is 0 Å². The van der Waals surface area contributed by atoms with Crippen molar-refractivity contribution in [2.45, 2.75) is 26.6 Å². The molecule has 0 saturated heterocycles. The molecule has 0 radical (unpaired) electrons. The fourth-order valence-electron chi connectivity index (χ4n) is 2.82. The Morgan fingerprint density at radius 3 is 2.83 bits per heavy atom. The maximum absolute atomic E-state index is 12.1. The van der Waals surface area contributed by atoms with E-state index in [-0.39, 0.29) is 11.9 Å². The number of fused-ring (bicyclic) bond motifs is 1. The summed E-state index contributed by atoms with van der Waals surface area (Å²) in [7, 11) is 3.50. The molecule has 24 heavy (non-hydrogen) atoms. The van der Waals surface area contributed by atoms with Crippen molar-refractivity contribution in [3.63, 3.8) is 0 Å². The van der Waals surface area contributed by atoms with Crippen molar-refractivity contribution in [1.82, 2.24) is 29.9 Å². The van der Waals surface area contributed by atoms with E-state index >= 15 is 0 Å². The highest BCUT2D eigenvalue weighted by atomic mass is 16.2. The summed E-state index contributed by atoms with van der Waals surface area (Å²) in [5.74, 6) is -0.121. The minimum absolute atomic E-state index is 0.000218. The maximum Gasteiger partial charge on any atom is 0.319 e. The van der Waals surface area contributed by atoms with Crippen molar-refractivity contribution < 1.29 is 9.59 Å². The average molecular weight is 330 g/mol. The summed E-state index contributed by atoms with van der Waals surface area (Å²) < 4.78 is 1.91. The molecular formula is C16H22N6O2. The van der Waals surface area contributed by atoms with Gasteiger partial charge in [-0.2, -0.15) is 5.10 Å².